The third-order valence-corrected chi connectivity index (χ3v) is 2.92. The van der Waals surface area contributed by atoms with Crippen molar-refractivity contribution in [3.63, 3.8) is 0 Å². The molecule has 1 aliphatic rings. The first-order valence-corrected chi connectivity index (χ1v) is 6.63. The molecule has 1 rings (SSSR count). The number of hydrogen-bond acceptors (Lipinski definition) is 4. The summed E-state index contributed by atoms with van der Waals surface area (Å²) in [5.74, 6) is 0.259. The standard InChI is InChI=1S/C14H24O4/c1-9(2)5-6-11-7-13(15)12(14(16)18-11)8-17-10(3)4/h9-11,15H,5-8H2,1-4H3. The van der Waals surface area contributed by atoms with Crippen molar-refractivity contribution >= 4 is 5.97 Å². The number of rotatable bonds is 6. The maximum atomic E-state index is 11.8. The molecular weight excluding hydrogens is 232 g/mol. The van der Waals surface area contributed by atoms with E-state index in [1.165, 1.54) is 0 Å². The third kappa shape index (κ3) is 4.69. The van der Waals surface area contributed by atoms with E-state index in [4.69, 9.17) is 9.47 Å². The van der Waals surface area contributed by atoms with Crippen LogP contribution in [0, 0.1) is 5.92 Å². The molecule has 0 aromatic rings. The first-order valence-electron chi connectivity index (χ1n) is 6.63. The molecule has 1 unspecified atom stereocenters. The Morgan fingerprint density at radius 2 is 2.06 bits per heavy atom. The van der Waals surface area contributed by atoms with Crippen LogP contribution in [0.2, 0.25) is 0 Å². The Balaban J connectivity index is 2.55. The van der Waals surface area contributed by atoms with Gasteiger partial charge in [-0.05, 0) is 32.6 Å². The summed E-state index contributed by atoms with van der Waals surface area (Å²) < 4.78 is 10.7. The normalized spacial score (nSPS) is 20.8. The van der Waals surface area contributed by atoms with Gasteiger partial charge in [-0.3, -0.25) is 0 Å². The zero-order valence-corrected chi connectivity index (χ0v) is 11.7. The molecule has 0 amide bonds. The second-order valence-corrected chi connectivity index (χ2v) is 5.49. The zero-order chi connectivity index (χ0) is 13.7. The summed E-state index contributed by atoms with van der Waals surface area (Å²) in [6.07, 6.45) is 2.03. The van der Waals surface area contributed by atoms with Gasteiger partial charge in [0.25, 0.3) is 0 Å². The smallest absolute Gasteiger partial charge is 0.340 e. The lowest BCUT2D eigenvalue weighted by Crippen LogP contribution is -2.29. The molecule has 18 heavy (non-hydrogen) atoms. The van der Waals surface area contributed by atoms with Crippen LogP contribution in [0.3, 0.4) is 0 Å². The van der Waals surface area contributed by atoms with Crippen molar-refractivity contribution in [1.82, 2.24) is 0 Å². The summed E-state index contributed by atoms with van der Waals surface area (Å²) in [5.41, 5.74) is 0.268. The van der Waals surface area contributed by atoms with E-state index in [0.29, 0.717) is 12.3 Å². The molecule has 0 saturated carbocycles. The molecule has 4 nitrogen and oxygen atoms in total. The van der Waals surface area contributed by atoms with Gasteiger partial charge in [-0.1, -0.05) is 13.8 Å². The van der Waals surface area contributed by atoms with Crippen molar-refractivity contribution in [2.24, 2.45) is 5.92 Å². The lowest BCUT2D eigenvalue weighted by atomic mass is 9.99. The van der Waals surface area contributed by atoms with E-state index in [1.54, 1.807) is 0 Å². The first-order chi connectivity index (χ1) is 8.40. The third-order valence-electron chi connectivity index (χ3n) is 2.92. The van der Waals surface area contributed by atoms with Crippen LogP contribution >= 0.6 is 0 Å². The summed E-state index contributed by atoms with van der Waals surface area (Å²) in [7, 11) is 0. The second kappa shape index (κ2) is 6.78. The Morgan fingerprint density at radius 3 is 2.56 bits per heavy atom. The van der Waals surface area contributed by atoms with Gasteiger partial charge in [0, 0.05) is 6.42 Å². The lowest BCUT2D eigenvalue weighted by Gasteiger charge is -2.25. The van der Waals surface area contributed by atoms with E-state index in [9.17, 15) is 9.90 Å². The van der Waals surface area contributed by atoms with Crippen LogP contribution in [0.5, 0.6) is 0 Å². The van der Waals surface area contributed by atoms with Crippen LogP contribution in [0.15, 0.2) is 11.3 Å². The van der Waals surface area contributed by atoms with Gasteiger partial charge in [0.2, 0.25) is 0 Å². The van der Waals surface area contributed by atoms with Gasteiger partial charge in [-0.15, -0.1) is 0 Å². The first kappa shape index (κ1) is 15.0. The summed E-state index contributed by atoms with van der Waals surface area (Å²) in [4.78, 5) is 11.8. The van der Waals surface area contributed by atoms with Gasteiger partial charge in [0.05, 0.1) is 12.7 Å². The van der Waals surface area contributed by atoms with E-state index in [-0.39, 0.29) is 30.1 Å². The quantitative estimate of drug-likeness (QED) is 0.742. The monoisotopic (exact) mass is 256 g/mol. The van der Waals surface area contributed by atoms with Crippen molar-refractivity contribution < 1.29 is 19.4 Å². The minimum absolute atomic E-state index is 0.0248. The number of carbonyl (C=O) groups excluding carboxylic acids is 1. The lowest BCUT2D eigenvalue weighted by molar-refractivity contribution is -0.148. The van der Waals surface area contributed by atoms with Crippen molar-refractivity contribution in [1.29, 1.82) is 0 Å². The Bertz CT molecular complexity index is 318. The van der Waals surface area contributed by atoms with Crippen LogP contribution in [0.4, 0.5) is 0 Å². The number of aliphatic hydroxyl groups excluding tert-OH is 1. The topological polar surface area (TPSA) is 55.8 Å². The summed E-state index contributed by atoms with van der Waals surface area (Å²) in [5, 5.41) is 9.89. The minimum atomic E-state index is -0.437. The molecule has 1 atom stereocenters. The Kier molecular flexibility index (Phi) is 5.66. The van der Waals surface area contributed by atoms with Gasteiger partial charge in [0.1, 0.15) is 17.4 Å². The highest BCUT2D eigenvalue weighted by Crippen LogP contribution is 2.24. The molecule has 0 fully saturated rings. The Labute approximate surface area is 109 Å². The molecule has 0 saturated heterocycles. The molecular formula is C14H24O4. The van der Waals surface area contributed by atoms with Crippen LogP contribution in [-0.4, -0.2) is 29.9 Å². The molecule has 1 heterocycles. The summed E-state index contributed by atoms with van der Waals surface area (Å²) in [6.45, 7) is 8.15. The van der Waals surface area contributed by atoms with E-state index in [2.05, 4.69) is 13.8 Å². The molecule has 4 heteroatoms. The maximum Gasteiger partial charge on any atom is 0.340 e. The van der Waals surface area contributed by atoms with E-state index >= 15 is 0 Å². The SMILES string of the molecule is CC(C)CCC1CC(O)=C(COC(C)C)C(=O)O1. The fourth-order valence-electron chi connectivity index (χ4n) is 1.79. The maximum absolute atomic E-state index is 11.8. The average molecular weight is 256 g/mol. The Morgan fingerprint density at radius 1 is 1.39 bits per heavy atom. The van der Waals surface area contributed by atoms with E-state index in [0.717, 1.165) is 12.8 Å². The molecule has 0 bridgehead atoms. The number of cyclic esters (lactones) is 1. The van der Waals surface area contributed by atoms with Gasteiger partial charge in [-0.25, -0.2) is 4.79 Å². The number of carbonyl (C=O) groups is 1. The van der Waals surface area contributed by atoms with Crippen LogP contribution in [-0.2, 0) is 14.3 Å². The van der Waals surface area contributed by atoms with E-state index in [1.807, 2.05) is 13.8 Å². The van der Waals surface area contributed by atoms with Gasteiger partial charge >= 0.3 is 5.97 Å². The second-order valence-electron chi connectivity index (χ2n) is 5.49. The summed E-state index contributed by atoms with van der Waals surface area (Å²) in [6, 6.07) is 0. The predicted octanol–water partition coefficient (Wildman–Crippen LogP) is 2.98. The fourth-order valence-corrected chi connectivity index (χ4v) is 1.79. The van der Waals surface area contributed by atoms with Gasteiger partial charge < -0.3 is 14.6 Å². The number of esters is 1. The highest BCUT2D eigenvalue weighted by Gasteiger charge is 2.29. The molecule has 1 N–H and O–H groups in total. The highest BCUT2D eigenvalue weighted by atomic mass is 16.6. The van der Waals surface area contributed by atoms with Crippen molar-refractivity contribution in [2.75, 3.05) is 6.61 Å². The molecule has 0 aromatic carbocycles. The predicted molar refractivity (Wildman–Crippen MR) is 69.3 cm³/mol. The molecule has 0 aromatic heterocycles. The zero-order valence-electron chi connectivity index (χ0n) is 11.7. The summed E-state index contributed by atoms with van der Waals surface area (Å²) >= 11 is 0. The number of hydrogen-bond donors (Lipinski definition) is 1. The number of ether oxygens (including phenoxy) is 2. The Hall–Kier alpha value is -1.03. The van der Waals surface area contributed by atoms with Crippen molar-refractivity contribution in [3.8, 4) is 0 Å². The van der Waals surface area contributed by atoms with Gasteiger partial charge in [-0.2, -0.15) is 0 Å². The van der Waals surface area contributed by atoms with Crippen LogP contribution in [0.1, 0.15) is 47.0 Å². The molecule has 0 aliphatic carbocycles. The van der Waals surface area contributed by atoms with Crippen molar-refractivity contribution in [2.45, 2.75) is 59.2 Å². The molecule has 104 valence electrons. The van der Waals surface area contributed by atoms with Gasteiger partial charge in [0.15, 0.2) is 0 Å². The molecule has 0 radical (unpaired) electrons. The van der Waals surface area contributed by atoms with Crippen LogP contribution < -0.4 is 0 Å². The number of aliphatic hydroxyl groups is 1. The largest absolute Gasteiger partial charge is 0.512 e. The fraction of sp³-hybridized carbons (Fsp3) is 0.786. The molecule has 0 spiro atoms. The molecule has 1 aliphatic heterocycles. The highest BCUT2D eigenvalue weighted by molar-refractivity contribution is 5.90. The average Bonchev–Trinajstić information content (AvgIpc) is 2.24. The minimum Gasteiger partial charge on any atom is -0.512 e. The van der Waals surface area contributed by atoms with Crippen LogP contribution in [0.25, 0.3) is 0 Å². The van der Waals surface area contributed by atoms with Crippen molar-refractivity contribution in [3.05, 3.63) is 11.3 Å². The van der Waals surface area contributed by atoms with E-state index < -0.39 is 5.97 Å².